The molecule has 0 aliphatic carbocycles. The first kappa shape index (κ1) is 13.1. The summed E-state index contributed by atoms with van der Waals surface area (Å²) >= 11 is 0. The lowest BCUT2D eigenvalue weighted by atomic mass is 10.1. The van der Waals surface area contributed by atoms with E-state index in [2.05, 4.69) is 5.09 Å². The van der Waals surface area contributed by atoms with Crippen molar-refractivity contribution in [2.45, 2.75) is 26.3 Å². The van der Waals surface area contributed by atoms with Crippen molar-refractivity contribution in [2.75, 3.05) is 6.66 Å². The predicted molar refractivity (Wildman–Crippen MR) is 67.9 cm³/mol. The highest BCUT2D eigenvalue weighted by Gasteiger charge is 2.20. The third kappa shape index (κ3) is 4.30. The fraction of sp³-hybridized carbons (Fsp3) is 0.417. The second-order valence-corrected chi connectivity index (χ2v) is 5.75. The second kappa shape index (κ2) is 5.42. The largest absolute Gasteiger partial charge is 0.458 e. The Morgan fingerprint density at radius 3 is 2.38 bits per heavy atom. The van der Waals surface area contributed by atoms with Gasteiger partial charge in [0.15, 0.2) is 8.30 Å². The standard InChI is InChI=1S/C12H18NO2P/c1-10-5-7-11(8-6-10)15-16(4)13-12(2,3)9-14/h5-9,13H,1-4H3. The first-order valence-corrected chi connectivity index (χ1v) is 6.86. The molecule has 0 fully saturated rings. The van der Waals surface area contributed by atoms with E-state index in [9.17, 15) is 4.79 Å². The van der Waals surface area contributed by atoms with Crippen LogP contribution >= 0.6 is 8.30 Å². The molecule has 0 saturated carbocycles. The smallest absolute Gasteiger partial charge is 0.158 e. The number of hydrogen-bond acceptors (Lipinski definition) is 3. The highest BCUT2D eigenvalue weighted by molar-refractivity contribution is 7.50. The minimum absolute atomic E-state index is 0.537. The van der Waals surface area contributed by atoms with E-state index in [4.69, 9.17) is 4.52 Å². The van der Waals surface area contributed by atoms with Crippen LogP contribution in [0.4, 0.5) is 0 Å². The summed E-state index contributed by atoms with van der Waals surface area (Å²) in [5.74, 6) is 0.827. The van der Waals surface area contributed by atoms with E-state index in [1.807, 2.05) is 51.7 Å². The molecule has 0 amide bonds. The first-order chi connectivity index (χ1) is 7.43. The quantitative estimate of drug-likeness (QED) is 0.634. The van der Waals surface area contributed by atoms with Crippen LogP contribution in [0.3, 0.4) is 0 Å². The van der Waals surface area contributed by atoms with Crippen molar-refractivity contribution in [3.05, 3.63) is 29.8 Å². The fourth-order valence-corrected chi connectivity index (χ4v) is 2.56. The molecule has 1 aromatic rings. The Morgan fingerprint density at radius 1 is 1.31 bits per heavy atom. The Kier molecular flexibility index (Phi) is 4.45. The average Bonchev–Trinajstić information content (AvgIpc) is 2.21. The molecule has 1 aromatic carbocycles. The van der Waals surface area contributed by atoms with Gasteiger partial charge in [0.1, 0.15) is 12.0 Å². The Morgan fingerprint density at radius 2 is 1.88 bits per heavy atom. The molecule has 16 heavy (non-hydrogen) atoms. The van der Waals surface area contributed by atoms with E-state index < -0.39 is 13.8 Å². The maximum Gasteiger partial charge on any atom is 0.158 e. The molecule has 0 radical (unpaired) electrons. The number of aryl methyl sites for hydroxylation is 1. The lowest BCUT2D eigenvalue weighted by Gasteiger charge is -2.24. The van der Waals surface area contributed by atoms with Gasteiger partial charge in [-0.15, -0.1) is 0 Å². The molecular weight excluding hydrogens is 221 g/mol. The summed E-state index contributed by atoms with van der Waals surface area (Å²) < 4.78 is 5.70. The number of carbonyl (C=O) groups is 1. The zero-order chi connectivity index (χ0) is 12.2. The van der Waals surface area contributed by atoms with Gasteiger partial charge in [0, 0.05) is 6.66 Å². The Labute approximate surface area is 98.1 Å². The van der Waals surface area contributed by atoms with Crippen LogP contribution in [0.2, 0.25) is 0 Å². The molecule has 0 spiro atoms. The highest BCUT2D eigenvalue weighted by atomic mass is 31.2. The van der Waals surface area contributed by atoms with Crippen LogP contribution in [0.1, 0.15) is 19.4 Å². The van der Waals surface area contributed by atoms with Crippen molar-refractivity contribution in [3.63, 3.8) is 0 Å². The molecule has 1 atom stereocenters. The van der Waals surface area contributed by atoms with E-state index in [0.29, 0.717) is 0 Å². The lowest BCUT2D eigenvalue weighted by molar-refractivity contribution is -0.111. The van der Waals surface area contributed by atoms with Gasteiger partial charge in [-0.2, -0.15) is 0 Å². The van der Waals surface area contributed by atoms with Crippen LogP contribution in [0.15, 0.2) is 24.3 Å². The third-order valence-corrected chi connectivity index (χ3v) is 3.38. The van der Waals surface area contributed by atoms with Crippen LogP contribution in [0.5, 0.6) is 5.75 Å². The molecule has 3 nitrogen and oxygen atoms in total. The molecule has 1 unspecified atom stereocenters. The summed E-state index contributed by atoms with van der Waals surface area (Å²) in [5, 5.41) is 3.14. The van der Waals surface area contributed by atoms with Crippen molar-refractivity contribution in [3.8, 4) is 5.75 Å². The monoisotopic (exact) mass is 239 g/mol. The summed E-state index contributed by atoms with van der Waals surface area (Å²) in [7, 11) is -0.842. The van der Waals surface area contributed by atoms with Gasteiger partial charge in [0.05, 0.1) is 5.54 Å². The molecule has 0 bridgehead atoms. The first-order valence-electron chi connectivity index (χ1n) is 5.15. The molecular formula is C12H18NO2P. The zero-order valence-electron chi connectivity index (χ0n) is 10.2. The van der Waals surface area contributed by atoms with Gasteiger partial charge in [0.25, 0.3) is 0 Å². The van der Waals surface area contributed by atoms with Crippen LogP contribution < -0.4 is 9.61 Å². The summed E-state index contributed by atoms with van der Waals surface area (Å²) in [4.78, 5) is 10.8. The number of carbonyl (C=O) groups excluding carboxylic acids is 1. The fourth-order valence-electron chi connectivity index (χ4n) is 1.21. The van der Waals surface area contributed by atoms with Gasteiger partial charge >= 0.3 is 0 Å². The molecule has 0 aromatic heterocycles. The van der Waals surface area contributed by atoms with E-state index in [1.165, 1.54) is 5.56 Å². The topological polar surface area (TPSA) is 38.3 Å². The summed E-state index contributed by atoms with van der Waals surface area (Å²) in [6.07, 6.45) is 0.893. The van der Waals surface area contributed by atoms with Crippen molar-refractivity contribution in [1.82, 2.24) is 5.09 Å². The van der Waals surface area contributed by atoms with Gasteiger partial charge < -0.3 is 9.32 Å². The highest BCUT2D eigenvalue weighted by Crippen LogP contribution is 2.32. The molecule has 0 saturated heterocycles. The van der Waals surface area contributed by atoms with E-state index in [1.54, 1.807) is 0 Å². The second-order valence-electron chi connectivity index (χ2n) is 4.35. The van der Waals surface area contributed by atoms with Gasteiger partial charge in [-0.1, -0.05) is 17.7 Å². The number of hydrogen-bond donors (Lipinski definition) is 1. The van der Waals surface area contributed by atoms with Gasteiger partial charge in [-0.3, -0.25) is 5.09 Å². The SMILES string of the molecule is Cc1ccc(OP(C)NC(C)(C)C=O)cc1. The Balaban J connectivity index is 2.54. The lowest BCUT2D eigenvalue weighted by Crippen LogP contribution is -2.37. The van der Waals surface area contributed by atoms with E-state index in [-0.39, 0.29) is 0 Å². The van der Waals surface area contributed by atoms with Gasteiger partial charge in [-0.25, -0.2) is 0 Å². The van der Waals surface area contributed by atoms with Gasteiger partial charge in [-0.05, 0) is 32.9 Å². The van der Waals surface area contributed by atoms with E-state index in [0.717, 1.165) is 12.0 Å². The Hall–Kier alpha value is -0.920. The normalized spacial score (nSPS) is 13.2. The molecule has 1 rings (SSSR count). The minimum Gasteiger partial charge on any atom is -0.458 e. The molecule has 0 heterocycles. The number of rotatable bonds is 5. The maximum absolute atomic E-state index is 10.8. The average molecular weight is 239 g/mol. The van der Waals surface area contributed by atoms with E-state index >= 15 is 0 Å². The van der Waals surface area contributed by atoms with Crippen LogP contribution in [-0.2, 0) is 4.79 Å². The summed E-state index contributed by atoms with van der Waals surface area (Å²) in [5.41, 5.74) is 0.666. The van der Waals surface area contributed by atoms with Crippen molar-refractivity contribution >= 4 is 14.6 Å². The van der Waals surface area contributed by atoms with Crippen LogP contribution in [0, 0.1) is 6.92 Å². The van der Waals surface area contributed by atoms with Crippen molar-refractivity contribution < 1.29 is 9.32 Å². The Bertz CT molecular complexity index is 349. The molecule has 0 aliphatic rings. The predicted octanol–water partition coefficient (Wildman–Crippen LogP) is 2.88. The zero-order valence-corrected chi connectivity index (χ0v) is 11.0. The number of nitrogens with one attached hydrogen (secondary N) is 1. The summed E-state index contributed by atoms with van der Waals surface area (Å²) in [6, 6.07) is 7.88. The number of benzene rings is 1. The molecule has 88 valence electrons. The molecule has 1 N–H and O–H groups in total. The van der Waals surface area contributed by atoms with Crippen molar-refractivity contribution in [1.29, 1.82) is 0 Å². The molecule has 4 heteroatoms. The van der Waals surface area contributed by atoms with Crippen LogP contribution in [0.25, 0.3) is 0 Å². The number of aldehydes is 1. The van der Waals surface area contributed by atoms with Crippen molar-refractivity contribution in [2.24, 2.45) is 0 Å². The summed E-state index contributed by atoms with van der Waals surface area (Å²) in [6.45, 7) is 7.64. The minimum atomic E-state index is -0.842. The van der Waals surface area contributed by atoms with Crippen LogP contribution in [-0.4, -0.2) is 18.5 Å². The van der Waals surface area contributed by atoms with Gasteiger partial charge in [0.2, 0.25) is 0 Å². The third-order valence-electron chi connectivity index (χ3n) is 2.00. The maximum atomic E-state index is 10.8. The molecule has 0 aliphatic heterocycles.